The SMILES string of the molecule is CNc1ncnc2c1ncn2[C@@H]1O[C@H](COP(=O)([O-])OP(=O)([O-])OP(=O)([O-])[O-])C(OC(=O)CCC(C)=O)[C@@H]1F. The van der Waals surface area contributed by atoms with Crippen LogP contribution in [0.1, 0.15) is 26.0 Å². The van der Waals surface area contributed by atoms with Gasteiger partial charge in [-0.25, -0.2) is 23.7 Å². The van der Waals surface area contributed by atoms with E-state index in [1.165, 1.54) is 14.0 Å². The Kier molecular flexibility index (Phi) is 9.73. The minimum absolute atomic E-state index is 0.0622. The first kappa shape index (κ1) is 31.3. The van der Waals surface area contributed by atoms with Crippen LogP contribution in [-0.2, 0) is 45.9 Å². The lowest BCUT2D eigenvalue weighted by Crippen LogP contribution is -2.36. The van der Waals surface area contributed by atoms with Crippen molar-refractivity contribution in [3.8, 4) is 0 Å². The summed E-state index contributed by atoms with van der Waals surface area (Å²) in [5.74, 6) is -1.15. The van der Waals surface area contributed by atoms with E-state index in [9.17, 15) is 42.9 Å². The number of Topliss-reactive ketones (excluding diaryl/α,β-unsaturated/α-hetero) is 1. The average molecular weight is 617 g/mol. The second-order valence-corrected chi connectivity index (χ2v) is 12.0. The van der Waals surface area contributed by atoms with Crippen molar-refractivity contribution >= 4 is 52.2 Å². The van der Waals surface area contributed by atoms with Crippen LogP contribution in [0.15, 0.2) is 12.7 Å². The monoisotopic (exact) mass is 617 g/mol. The molecule has 3 unspecified atom stereocenters. The first-order valence-corrected chi connectivity index (χ1v) is 14.9. The third kappa shape index (κ3) is 8.39. The molecule has 1 N–H and O–H groups in total. The lowest BCUT2D eigenvalue weighted by Gasteiger charge is -2.37. The minimum Gasteiger partial charge on any atom is -0.790 e. The number of nitrogens with zero attached hydrogens (tertiary/aromatic N) is 4. The van der Waals surface area contributed by atoms with Gasteiger partial charge in [0.05, 0.1) is 27.2 Å². The van der Waals surface area contributed by atoms with Crippen molar-refractivity contribution in [1.29, 1.82) is 0 Å². The van der Waals surface area contributed by atoms with Gasteiger partial charge in [-0.05, 0) is 6.92 Å². The molecule has 0 aromatic carbocycles. The average Bonchev–Trinajstić information content (AvgIpc) is 3.35. The number of phosphoric acid groups is 3. The maximum Gasteiger partial charge on any atom is 0.306 e. The van der Waals surface area contributed by atoms with E-state index in [1.54, 1.807) is 0 Å². The summed E-state index contributed by atoms with van der Waals surface area (Å²) in [4.78, 5) is 79.6. The van der Waals surface area contributed by atoms with Crippen molar-refractivity contribution in [2.45, 2.75) is 44.4 Å². The largest absolute Gasteiger partial charge is 0.790 e. The second-order valence-electron chi connectivity index (χ2n) is 7.76. The topological polar surface area (TPSA) is 279 Å². The number of carbonyl (C=O) groups is 2. The maximum atomic E-state index is 15.6. The number of nitrogens with one attached hydrogen (secondary N) is 1. The number of hydrogen-bond acceptors (Lipinski definition) is 18. The molecule has 0 radical (unpaired) electrons. The standard InChI is InChI=1S/C16H23FN5O14P3/c1-8(23)3-4-10(24)34-13-9(5-32-38(28,29)36-39(30,31)35-37(25,26)27)33-16(11(13)17)22-7-21-12-14(18-2)19-6-20-15(12)22/h6-7,9,11,13,16H,3-5H2,1-2H3,(H,28,29)(H,30,31)(H,18,19,20)(H2,25,26,27)/p-4/t9-,11+,13?,16-/m1/s1. The summed E-state index contributed by atoms with van der Waals surface area (Å²) in [7, 11) is -16.9. The Morgan fingerprint density at radius 3 is 2.41 bits per heavy atom. The van der Waals surface area contributed by atoms with Gasteiger partial charge in [0, 0.05) is 13.5 Å². The van der Waals surface area contributed by atoms with E-state index in [0.29, 0.717) is 0 Å². The number of aromatic nitrogens is 4. The summed E-state index contributed by atoms with van der Waals surface area (Å²) in [6, 6.07) is 0. The number of carbonyl (C=O) groups excluding carboxylic acids is 2. The lowest BCUT2D eigenvalue weighted by atomic mass is 10.1. The molecule has 19 nitrogen and oxygen atoms in total. The molecule has 6 atom stereocenters. The fraction of sp³-hybridized carbons (Fsp3) is 0.562. The highest BCUT2D eigenvalue weighted by atomic mass is 31.3. The van der Waals surface area contributed by atoms with E-state index in [0.717, 1.165) is 17.2 Å². The number of phosphoric ester groups is 1. The molecule has 2 aromatic rings. The molecule has 1 saturated heterocycles. The molecule has 0 spiro atoms. The van der Waals surface area contributed by atoms with E-state index in [-0.39, 0.29) is 29.2 Å². The van der Waals surface area contributed by atoms with Gasteiger partial charge in [-0.2, -0.15) is 0 Å². The van der Waals surface area contributed by atoms with Crippen molar-refractivity contribution in [2.24, 2.45) is 0 Å². The number of fused-ring (bicyclic) bond motifs is 1. The third-order valence-corrected chi connectivity index (χ3v) is 8.55. The van der Waals surface area contributed by atoms with Gasteiger partial charge in [0.25, 0.3) is 15.6 Å². The van der Waals surface area contributed by atoms with E-state index >= 15 is 4.39 Å². The Morgan fingerprint density at radius 2 is 1.79 bits per heavy atom. The molecule has 0 saturated carbocycles. The van der Waals surface area contributed by atoms with Crippen LogP contribution in [-0.4, -0.2) is 63.3 Å². The predicted octanol–water partition coefficient (Wildman–Crippen LogP) is -1.80. The number of halogens is 1. The molecule has 3 rings (SSSR count). The normalized spacial score (nSPS) is 24.7. The van der Waals surface area contributed by atoms with Gasteiger partial charge in [0.1, 0.15) is 23.7 Å². The van der Waals surface area contributed by atoms with Crippen LogP contribution in [0.5, 0.6) is 0 Å². The molecular weight excluding hydrogens is 598 g/mol. The second kappa shape index (κ2) is 12.1. The maximum absolute atomic E-state index is 15.6. The number of alkyl halides is 1. The van der Waals surface area contributed by atoms with Gasteiger partial charge < -0.3 is 48.2 Å². The fourth-order valence-electron chi connectivity index (χ4n) is 3.35. The number of esters is 1. The van der Waals surface area contributed by atoms with Gasteiger partial charge in [-0.15, -0.1) is 0 Å². The molecule has 23 heteroatoms. The third-order valence-electron chi connectivity index (χ3n) is 4.88. The molecule has 1 aliphatic heterocycles. The first-order valence-electron chi connectivity index (χ1n) is 10.6. The molecule has 2 aromatic heterocycles. The van der Waals surface area contributed by atoms with Gasteiger partial charge in [-0.3, -0.25) is 22.8 Å². The summed E-state index contributed by atoms with van der Waals surface area (Å²) in [6.45, 7) is -0.0248. The summed E-state index contributed by atoms with van der Waals surface area (Å²) in [6.07, 6.45) is -5.89. The number of ketones is 1. The quantitative estimate of drug-likeness (QED) is 0.192. The van der Waals surface area contributed by atoms with E-state index in [2.05, 4.69) is 33.4 Å². The number of ether oxygens (including phenoxy) is 2. The number of rotatable bonds is 13. The van der Waals surface area contributed by atoms with Crippen LogP contribution < -0.4 is 24.9 Å². The first-order chi connectivity index (χ1) is 18.0. The summed E-state index contributed by atoms with van der Waals surface area (Å²) >= 11 is 0. The van der Waals surface area contributed by atoms with Crippen molar-refractivity contribution in [3.05, 3.63) is 12.7 Å². The zero-order chi connectivity index (χ0) is 29.2. The number of imidazole rings is 1. The number of anilines is 1. The molecule has 39 heavy (non-hydrogen) atoms. The highest BCUT2D eigenvalue weighted by Crippen LogP contribution is 2.60. The highest BCUT2D eigenvalue weighted by molar-refractivity contribution is 7.64. The number of hydrogen-bond donors (Lipinski definition) is 1. The van der Waals surface area contributed by atoms with E-state index < -0.39 is 67.1 Å². The van der Waals surface area contributed by atoms with Crippen LogP contribution in [0.25, 0.3) is 11.2 Å². The van der Waals surface area contributed by atoms with Crippen molar-refractivity contribution in [1.82, 2.24) is 19.5 Å². The fourth-order valence-corrected chi connectivity index (χ4v) is 6.22. The molecular formula is C16H19FN5O14P3-4. The van der Waals surface area contributed by atoms with E-state index in [4.69, 9.17) is 9.47 Å². The Morgan fingerprint density at radius 1 is 1.10 bits per heavy atom. The van der Waals surface area contributed by atoms with E-state index in [1.807, 2.05) is 0 Å². The van der Waals surface area contributed by atoms with Gasteiger partial charge in [0.2, 0.25) is 0 Å². The van der Waals surface area contributed by atoms with Crippen LogP contribution in [0, 0.1) is 0 Å². The molecule has 1 fully saturated rings. The molecule has 218 valence electrons. The minimum atomic E-state index is -6.26. The van der Waals surface area contributed by atoms with Crippen molar-refractivity contribution < 1.29 is 69.9 Å². The van der Waals surface area contributed by atoms with Gasteiger partial charge in [-0.1, -0.05) is 0 Å². The van der Waals surface area contributed by atoms with Crippen LogP contribution in [0.3, 0.4) is 0 Å². The predicted molar refractivity (Wildman–Crippen MR) is 114 cm³/mol. The van der Waals surface area contributed by atoms with Gasteiger partial charge in [0.15, 0.2) is 30.0 Å². The Hall–Kier alpha value is -2.21. The molecule has 0 amide bonds. The Labute approximate surface area is 218 Å². The molecule has 0 bridgehead atoms. The smallest absolute Gasteiger partial charge is 0.306 e. The Bertz CT molecular complexity index is 1370. The highest BCUT2D eigenvalue weighted by Gasteiger charge is 2.49. The zero-order valence-electron chi connectivity index (χ0n) is 19.8. The van der Waals surface area contributed by atoms with Crippen molar-refractivity contribution in [2.75, 3.05) is 19.0 Å². The summed E-state index contributed by atoms with van der Waals surface area (Å²) < 4.78 is 71.9. The molecule has 0 aliphatic carbocycles. The van der Waals surface area contributed by atoms with Crippen LogP contribution in [0.4, 0.5) is 10.2 Å². The molecule has 3 heterocycles. The van der Waals surface area contributed by atoms with Crippen LogP contribution >= 0.6 is 23.5 Å². The summed E-state index contributed by atoms with van der Waals surface area (Å²) in [5.41, 5.74) is 0.260. The summed E-state index contributed by atoms with van der Waals surface area (Å²) in [5, 5.41) is 2.75. The van der Waals surface area contributed by atoms with Crippen molar-refractivity contribution in [3.63, 3.8) is 0 Å². The molecule has 1 aliphatic rings. The zero-order valence-corrected chi connectivity index (χ0v) is 22.5. The van der Waals surface area contributed by atoms with Crippen LogP contribution in [0.2, 0.25) is 0 Å². The Balaban J connectivity index is 1.83. The van der Waals surface area contributed by atoms with Gasteiger partial charge >= 0.3 is 5.97 Å². The lowest BCUT2D eigenvalue weighted by molar-refractivity contribution is -0.339.